The predicted molar refractivity (Wildman–Crippen MR) is 98.1 cm³/mol. The van der Waals surface area contributed by atoms with Crippen LogP contribution >= 0.6 is 0 Å². The fourth-order valence-corrected chi connectivity index (χ4v) is 2.60. The van der Waals surface area contributed by atoms with Crippen LogP contribution in [0.4, 0.5) is 13.2 Å². The quantitative estimate of drug-likeness (QED) is 0.463. The highest BCUT2D eigenvalue weighted by Crippen LogP contribution is 2.27. The Hall–Kier alpha value is -3.09. The first-order valence-electron chi connectivity index (χ1n) is 8.28. The highest BCUT2D eigenvalue weighted by Gasteiger charge is 2.28. The van der Waals surface area contributed by atoms with Crippen molar-refractivity contribution in [2.45, 2.75) is 20.0 Å². The van der Waals surface area contributed by atoms with E-state index in [0.29, 0.717) is 11.3 Å². The van der Waals surface area contributed by atoms with E-state index in [4.69, 9.17) is 0 Å². The van der Waals surface area contributed by atoms with Crippen LogP contribution in [-0.2, 0) is 4.84 Å². The van der Waals surface area contributed by atoms with Gasteiger partial charge in [-0.2, -0.15) is 18.3 Å². The Morgan fingerprint density at radius 2 is 1.85 bits per heavy atom. The monoisotopic (exact) mass is 373 g/mol. The van der Waals surface area contributed by atoms with Gasteiger partial charge in [0.15, 0.2) is 0 Å². The summed E-state index contributed by atoms with van der Waals surface area (Å²) in [6.45, 7) is 2.49. The number of aromatic nitrogens is 2. The highest BCUT2D eigenvalue weighted by molar-refractivity contribution is 5.89. The van der Waals surface area contributed by atoms with Crippen molar-refractivity contribution in [2.24, 2.45) is 5.16 Å². The number of para-hydroxylation sites is 1. The van der Waals surface area contributed by atoms with Gasteiger partial charge in [-0.1, -0.05) is 41.1 Å². The van der Waals surface area contributed by atoms with Crippen molar-refractivity contribution < 1.29 is 18.0 Å². The Balaban J connectivity index is 2.01. The van der Waals surface area contributed by atoms with E-state index >= 15 is 0 Å². The van der Waals surface area contributed by atoms with E-state index in [9.17, 15) is 13.2 Å². The molecule has 140 valence electrons. The van der Waals surface area contributed by atoms with Crippen molar-refractivity contribution in [3.8, 4) is 16.9 Å². The van der Waals surface area contributed by atoms with Gasteiger partial charge in [0, 0.05) is 17.3 Å². The van der Waals surface area contributed by atoms with Crippen LogP contribution in [-0.4, -0.2) is 28.8 Å². The summed E-state index contributed by atoms with van der Waals surface area (Å²) in [5.74, 6) is 0. The van der Waals surface area contributed by atoms with Crippen molar-refractivity contribution in [3.05, 3.63) is 71.4 Å². The molecule has 0 saturated carbocycles. The van der Waals surface area contributed by atoms with E-state index in [0.717, 1.165) is 22.4 Å². The molecule has 0 N–H and O–H groups in total. The van der Waals surface area contributed by atoms with Crippen LogP contribution in [0.3, 0.4) is 0 Å². The van der Waals surface area contributed by atoms with Gasteiger partial charge in [-0.3, -0.25) is 0 Å². The summed E-state index contributed by atoms with van der Waals surface area (Å²) in [5, 5.41) is 8.10. The van der Waals surface area contributed by atoms with Crippen LogP contribution in [0.25, 0.3) is 16.9 Å². The molecular formula is C20H18F3N3O. The number of benzene rings is 2. The molecule has 1 aromatic heterocycles. The van der Waals surface area contributed by atoms with E-state index in [1.54, 1.807) is 10.9 Å². The van der Waals surface area contributed by atoms with Crippen LogP contribution in [0.2, 0.25) is 0 Å². The zero-order valence-electron chi connectivity index (χ0n) is 14.9. The fraction of sp³-hybridized carbons (Fsp3) is 0.200. The molecule has 0 saturated heterocycles. The van der Waals surface area contributed by atoms with E-state index in [2.05, 4.69) is 15.1 Å². The largest absolute Gasteiger partial charge is 0.425 e. The molecule has 2 aromatic carbocycles. The van der Waals surface area contributed by atoms with Gasteiger partial charge in [-0.15, -0.1) is 0 Å². The first-order chi connectivity index (χ1) is 12.8. The Bertz CT molecular complexity index is 947. The summed E-state index contributed by atoms with van der Waals surface area (Å²) in [7, 11) is 0. The van der Waals surface area contributed by atoms with E-state index in [1.807, 2.05) is 62.4 Å². The lowest BCUT2D eigenvalue weighted by Gasteiger charge is -2.06. The maximum atomic E-state index is 12.2. The average Bonchev–Trinajstić information content (AvgIpc) is 3.05. The van der Waals surface area contributed by atoms with Crippen LogP contribution < -0.4 is 0 Å². The second kappa shape index (κ2) is 7.65. The molecule has 0 unspecified atom stereocenters. The number of aryl methyl sites for hydroxylation is 2. The lowest BCUT2D eigenvalue weighted by Crippen LogP contribution is -2.14. The van der Waals surface area contributed by atoms with Gasteiger partial charge in [-0.05, 0) is 37.6 Å². The average molecular weight is 373 g/mol. The van der Waals surface area contributed by atoms with Gasteiger partial charge < -0.3 is 4.84 Å². The molecule has 0 atom stereocenters. The predicted octanol–water partition coefficient (Wildman–Crippen LogP) is 5.07. The number of hydrogen-bond acceptors (Lipinski definition) is 3. The summed E-state index contributed by atoms with van der Waals surface area (Å²) < 4.78 is 38.4. The molecule has 0 radical (unpaired) electrons. The van der Waals surface area contributed by atoms with E-state index in [-0.39, 0.29) is 0 Å². The minimum atomic E-state index is -4.43. The first kappa shape index (κ1) is 18.7. The van der Waals surface area contributed by atoms with Crippen molar-refractivity contribution in [3.63, 3.8) is 0 Å². The Morgan fingerprint density at radius 1 is 1.11 bits per heavy atom. The third-order valence-corrected chi connectivity index (χ3v) is 3.91. The lowest BCUT2D eigenvalue weighted by atomic mass is 10.0. The number of rotatable bonds is 5. The molecule has 1 heterocycles. The van der Waals surface area contributed by atoms with Crippen molar-refractivity contribution in [1.82, 2.24) is 9.78 Å². The topological polar surface area (TPSA) is 39.4 Å². The third kappa shape index (κ3) is 4.75. The van der Waals surface area contributed by atoms with Gasteiger partial charge in [0.2, 0.25) is 6.61 Å². The molecule has 0 aliphatic carbocycles. The van der Waals surface area contributed by atoms with Gasteiger partial charge in [0.25, 0.3) is 0 Å². The summed E-state index contributed by atoms with van der Waals surface area (Å²) in [5.41, 5.74) is 4.97. The maximum Gasteiger partial charge on any atom is 0.425 e. The van der Waals surface area contributed by atoms with Crippen LogP contribution in [0.1, 0.15) is 16.7 Å². The lowest BCUT2D eigenvalue weighted by molar-refractivity contribution is -0.173. The molecule has 3 rings (SSSR count). The molecule has 0 aliphatic heterocycles. The SMILES string of the molecule is Cc1ccc(C)c(-c2nn(-c3ccccc3)cc2C=NOCC(F)(F)F)c1. The second-order valence-corrected chi connectivity index (χ2v) is 6.15. The van der Waals surface area contributed by atoms with Gasteiger partial charge in [0.1, 0.15) is 5.69 Å². The smallest absolute Gasteiger partial charge is 0.386 e. The van der Waals surface area contributed by atoms with Gasteiger partial charge >= 0.3 is 6.18 Å². The molecule has 0 spiro atoms. The van der Waals surface area contributed by atoms with Crippen LogP contribution in [0.15, 0.2) is 59.9 Å². The molecule has 27 heavy (non-hydrogen) atoms. The van der Waals surface area contributed by atoms with Crippen molar-refractivity contribution in [1.29, 1.82) is 0 Å². The van der Waals surface area contributed by atoms with E-state index < -0.39 is 12.8 Å². The van der Waals surface area contributed by atoms with Crippen LogP contribution in [0.5, 0.6) is 0 Å². The minimum absolute atomic E-state index is 0.565. The number of hydrogen-bond donors (Lipinski definition) is 0. The van der Waals surface area contributed by atoms with Crippen LogP contribution in [0, 0.1) is 13.8 Å². The number of oxime groups is 1. The molecule has 0 amide bonds. The standard InChI is InChI=1S/C20H18F3N3O/c1-14-8-9-15(2)18(10-14)19-16(11-24-27-13-20(21,22)23)12-26(25-19)17-6-4-3-5-7-17/h3-12H,13H2,1-2H3. The Morgan fingerprint density at radius 3 is 2.56 bits per heavy atom. The van der Waals surface area contributed by atoms with Gasteiger partial charge in [-0.25, -0.2) is 4.68 Å². The second-order valence-electron chi connectivity index (χ2n) is 6.15. The summed E-state index contributed by atoms with van der Waals surface area (Å²) in [4.78, 5) is 4.37. The number of halogens is 3. The molecular weight excluding hydrogens is 355 g/mol. The Kier molecular flexibility index (Phi) is 5.30. The third-order valence-electron chi connectivity index (χ3n) is 3.91. The number of alkyl halides is 3. The number of nitrogens with zero attached hydrogens (tertiary/aromatic N) is 3. The van der Waals surface area contributed by atoms with Gasteiger partial charge in [0.05, 0.1) is 11.9 Å². The molecule has 0 fully saturated rings. The fourth-order valence-electron chi connectivity index (χ4n) is 2.60. The van der Waals surface area contributed by atoms with Crippen molar-refractivity contribution in [2.75, 3.05) is 6.61 Å². The van der Waals surface area contributed by atoms with Crippen molar-refractivity contribution >= 4 is 6.21 Å². The zero-order valence-corrected chi connectivity index (χ0v) is 14.9. The van der Waals surface area contributed by atoms with E-state index in [1.165, 1.54) is 6.21 Å². The summed E-state index contributed by atoms with van der Waals surface area (Å²) in [6, 6.07) is 15.4. The molecule has 0 aliphatic rings. The molecule has 0 bridgehead atoms. The first-order valence-corrected chi connectivity index (χ1v) is 8.28. The highest BCUT2D eigenvalue weighted by atomic mass is 19.4. The molecule has 3 aromatic rings. The normalized spacial score (nSPS) is 11.9. The summed E-state index contributed by atoms with van der Waals surface area (Å²) in [6.07, 6.45) is -1.45. The zero-order chi connectivity index (χ0) is 19.4. The molecule has 4 nitrogen and oxygen atoms in total. The minimum Gasteiger partial charge on any atom is -0.386 e. The Labute approximate surface area is 154 Å². The summed E-state index contributed by atoms with van der Waals surface area (Å²) >= 11 is 0. The maximum absolute atomic E-state index is 12.2. The molecule has 7 heteroatoms.